The molecule has 26 heavy (non-hydrogen) atoms. The van der Waals surface area contributed by atoms with E-state index in [1.807, 2.05) is 42.8 Å². The molecule has 4 rings (SSSR count). The molecule has 0 saturated heterocycles. The lowest BCUT2D eigenvalue weighted by molar-refractivity contribution is -0.117. The molecule has 0 aliphatic heterocycles. The van der Waals surface area contributed by atoms with Crippen LogP contribution in [0.25, 0.3) is 0 Å². The Bertz CT molecular complexity index is 829. The van der Waals surface area contributed by atoms with Crippen LogP contribution in [-0.4, -0.2) is 15.7 Å². The third-order valence-electron chi connectivity index (χ3n) is 6.20. The van der Waals surface area contributed by atoms with Gasteiger partial charge in [0.2, 0.25) is 5.91 Å². The molecule has 2 bridgehead atoms. The molecule has 1 N–H and O–H groups in total. The van der Waals surface area contributed by atoms with Crippen molar-refractivity contribution < 1.29 is 4.79 Å². The molecule has 3 atom stereocenters. The summed E-state index contributed by atoms with van der Waals surface area (Å²) in [7, 11) is 0. The van der Waals surface area contributed by atoms with Crippen LogP contribution in [-0.2, 0) is 11.3 Å². The zero-order valence-electron chi connectivity index (χ0n) is 15.5. The number of rotatable bonds is 5. The van der Waals surface area contributed by atoms with Gasteiger partial charge in [0.15, 0.2) is 0 Å². The predicted octanol–water partition coefficient (Wildman–Crippen LogP) is 4.97. The standard InChI is InChI=1S/C21H26ClN3O/c1-13-21(23-20(26)11-18-9-15-6-7-17(18)8-15)14(2)25(24-13)12-16-4-3-5-19(22)10-16/h3-5,10,15,17-18H,6-9,11-12H2,1-2H3,(H,23,26). The summed E-state index contributed by atoms with van der Waals surface area (Å²) >= 11 is 6.08. The fraction of sp³-hybridized carbons (Fsp3) is 0.524. The van der Waals surface area contributed by atoms with Gasteiger partial charge in [0.1, 0.15) is 0 Å². The number of carbonyl (C=O) groups is 1. The number of carbonyl (C=O) groups excluding carboxylic acids is 1. The van der Waals surface area contributed by atoms with Gasteiger partial charge in [-0.25, -0.2) is 0 Å². The van der Waals surface area contributed by atoms with Gasteiger partial charge < -0.3 is 5.32 Å². The van der Waals surface area contributed by atoms with Gasteiger partial charge in [-0.15, -0.1) is 0 Å². The number of halogens is 1. The topological polar surface area (TPSA) is 46.9 Å². The fourth-order valence-corrected chi connectivity index (χ4v) is 5.11. The van der Waals surface area contributed by atoms with E-state index in [1.165, 1.54) is 25.7 Å². The average molecular weight is 372 g/mol. The number of nitrogens with zero attached hydrogens (tertiary/aromatic N) is 2. The SMILES string of the molecule is Cc1nn(Cc2cccc(Cl)c2)c(C)c1NC(=O)CC1CC2CCC1C2. The van der Waals surface area contributed by atoms with Crippen LogP contribution in [0.5, 0.6) is 0 Å². The Balaban J connectivity index is 1.43. The first-order valence-electron chi connectivity index (χ1n) is 9.58. The highest BCUT2D eigenvalue weighted by molar-refractivity contribution is 6.30. The summed E-state index contributed by atoms with van der Waals surface area (Å²) in [5, 5.41) is 8.48. The van der Waals surface area contributed by atoms with Gasteiger partial charge in [0.05, 0.1) is 23.6 Å². The Kier molecular flexibility index (Phi) is 4.78. The second-order valence-corrected chi connectivity index (χ2v) is 8.46. The van der Waals surface area contributed by atoms with E-state index in [0.717, 1.165) is 39.5 Å². The minimum Gasteiger partial charge on any atom is -0.323 e. The molecule has 1 aromatic carbocycles. The average Bonchev–Trinajstić information content (AvgIpc) is 3.27. The molecule has 0 radical (unpaired) electrons. The number of hydrogen-bond donors (Lipinski definition) is 1. The molecule has 1 aromatic heterocycles. The predicted molar refractivity (Wildman–Crippen MR) is 104 cm³/mol. The van der Waals surface area contributed by atoms with E-state index in [4.69, 9.17) is 11.6 Å². The Morgan fingerprint density at radius 2 is 2.15 bits per heavy atom. The highest BCUT2D eigenvalue weighted by atomic mass is 35.5. The zero-order valence-corrected chi connectivity index (χ0v) is 16.2. The zero-order chi connectivity index (χ0) is 18.3. The van der Waals surface area contributed by atoms with Crippen molar-refractivity contribution in [2.24, 2.45) is 17.8 Å². The maximum Gasteiger partial charge on any atom is 0.224 e. The van der Waals surface area contributed by atoms with Crippen molar-refractivity contribution in [2.75, 3.05) is 5.32 Å². The van der Waals surface area contributed by atoms with Crippen molar-refractivity contribution in [2.45, 2.75) is 52.5 Å². The number of hydrogen-bond acceptors (Lipinski definition) is 2. The Morgan fingerprint density at radius 3 is 2.85 bits per heavy atom. The highest BCUT2D eigenvalue weighted by Crippen LogP contribution is 2.49. The Labute approximate surface area is 159 Å². The summed E-state index contributed by atoms with van der Waals surface area (Å²) in [6.07, 6.45) is 5.92. The lowest BCUT2D eigenvalue weighted by Crippen LogP contribution is -2.20. The second-order valence-electron chi connectivity index (χ2n) is 8.02. The van der Waals surface area contributed by atoms with E-state index in [-0.39, 0.29) is 5.91 Å². The van der Waals surface area contributed by atoms with E-state index < -0.39 is 0 Å². The molecule has 1 amide bonds. The lowest BCUT2D eigenvalue weighted by Gasteiger charge is -2.20. The van der Waals surface area contributed by atoms with Crippen molar-refractivity contribution in [3.63, 3.8) is 0 Å². The summed E-state index contributed by atoms with van der Waals surface area (Å²) in [5.41, 5.74) is 3.82. The van der Waals surface area contributed by atoms with Crippen LogP contribution in [0.3, 0.4) is 0 Å². The number of anilines is 1. The molecular weight excluding hydrogens is 346 g/mol. The van der Waals surface area contributed by atoms with Crippen LogP contribution in [0.1, 0.15) is 49.1 Å². The van der Waals surface area contributed by atoms with Gasteiger partial charge >= 0.3 is 0 Å². The smallest absolute Gasteiger partial charge is 0.224 e. The largest absolute Gasteiger partial charge is 0.323 e. The van der Waals surface area contributed by atoms with Crippen LogP contribution >= 0.6 is 11.6 Å². The molecule has 2 saturated carbocycles. The van der Waals surface area contributed by atoms with E-state index in [0.29, 0.717) is 18.9 Å². The van der Waals surface area contributed by atoms with Gasteiger partial charge in [-0.1, -0.05) is 30.2 Å². The van der Waals surface area contributed by atoms with Gasteiger partial charge in [0, 0.05) is 11.4 Å². The summed E-state index contributed by atoms with van der Waals surface area (Å²) < 4.78 is 1.94. The van der Waals surface area contributed by atoms with Crippen LogP contribution in [0.4, 0.5) is 5.69 Å². The normalized spacial score (nSPS) is 24.2. The molecule has 2 aromatic rings. The van der Waals surface area contributed by atoms with Crippen molar-refractivity contribution in [3.8, 4) is 0 Å². The summed E-state index contributed by atoms with van der Waals surface area (Å²) in [5.74, 6) is 2.37. The number of fused-ring (bicyclic) bond motifs is 2. The molecule has 2 aliphatic carbocycles. The molecule has 4 nitrogen and oxygen atoms in total. The minimum absolute atomic E-state index is 0.135. The van der Waals surface area contributed by atoms with Crippen molar-refractivity contribution in [3.05, 3.63) is 46.2 Å². The van der Waals surface area contributed by atoms with Gasteiger partial charge in [0.25, 0.3) is 0 Å². The molecule has 0 spiro atoms. The number of amides is 1. The summed E-state index contributed by atoms with van der Waals surface area (Å²) in [6, 6.07) is 7.80. The molecule has 5 heteroatoms. The third kappa shape index (κ3) is 3.52. The molecular formula is C21H26ClN3O. The molecule has 2 fully saturated rings. The first kappa shape index (κ1) is 17.6. The van der Waals surface area contributed by atoms with Crippen molar-refractivity contribution in [1.82, 2.24) is 9.78 Å². The monoisotopic (exact) mass is 371 g/mol. The van der Waals surface area contributed by atoms with Crippen molar-refractivity contribution in [1.29, 1.82) is 0 Å². The summed E-state index contributed by atoms with van der Waals surface area (Å²) in [4.78, 5) is 12.6. The maximum atomic E-state index is 12.6. The van der Waals surface area contributed by atoms with Crippen LogP contribution < -0.4 is 5.32 Å². The lowest BCUT2D eigenvalue weighted by atomic mass is 9.86. The number of aryl methyl sites for hydroxylation is 1. The van der Waals surface area contributed by atoms with Gasteiger partial charge in [-0.05, 0) is 68.6 Å². The third-order valence-corrected chi connectivity index (χ3v) is 6.43. The van der Waals surface area contributed by atoms with Crippen LogP contribution in [0.2, 0.25) is 5.02 Å². The molecule has 2 aliphatic rings. The van der Waals surface area contributed by atoms with Crippen LogP contribution in [0.15, 0.2) is 24.3 Å². The van der Waals surface area contributed by atoms with E-state index in [1.54, 1.807) is 0 Å². The number of nitrogens with one attached hydrogen (secondary N) is 1. The fourth-order valence-electron chi connectivity index (χ4n) is 4.90. The van der Waals surface area contributed by atoms with E-state index >= 15 is 0 Å². The molecule has 3 unspecified atom stereocenters. The highest BCUT2D eigenvalue weighted by Gasteiger charge is 2.40. The minimum atomic E-state index is 0.135. The Hall–Kier alpha value is -1.81. The van der Waals surface area contributed by atoms with Crippen LogP contribution in [0, 0.1) is 31.6 Å². The quantitative estimate of drug-likeness (QED) is 0.806. The van der Waals surface area contributed by atoms with E-state index in [9.17, 15) is 4.79 Å². The number of benzene rings is 1. The molecule has 1 heterocycles. The Morgan fingerprint density at radius 1 is 1.31 bits per heavy atom. The first-order chi connectivity index (χ1) is 12.5. The molecule has 138 valence electrons. The second kappa shape index (κ2) is 7.07. The van der Waals surface area contributed by atoms with Gasteiger partial charge in [-0.2, -0.15) is 5.10 Å². The van der Waals surface area contributed by atoms with Crippen molar-refractivity contribution >= 4 is 23.2 Å². The first-order valence-corrected chi connectivity index (χ1v) is 9.95. The summed E-state index contributed by atoms with van der Waals surface area (Å²) in [6.45, 7) is 4.61. The number of aromatic nitrogens is 2. The van der Waals surface area contributed by atoms with E-state index in [2.05, 4.69) is 10.4 Å². The maximum absolute atomic E-state index is 12.6. The van der Waals surface area contributed by atoms with Gasteiger partial charge in [-0.3, -0.25) is 9.48 Å².